The van der Waals surface area contributed by atoms with E-state index in [9.17, 15) is 40.7 Å². The molecule has 0 radical (unpaired) electrons. The summed E-state index contributed by atoms with van der Waals surface area (Å²) in [6.45, 7) is 7.68. The van der Waals surface area contributed by atoms with Crippen molar-refractivity contribution in [2.24, 2.45) is 17.2 Å². The Hall–Kier alpha value is -1.24. The molecule has 0 bridgehead atoms. The first-order chi connectivity index (χ1) is 55.7. The standard InChI is InChI=1S/C23H23ClN4O.C23H19ClN4O.C12H9ClF3N3.C12H11NO.C6H8N2.C5HCl2F3N2.3CH4.6K/c2*1-15-6-7-16(13-26-15)12-21-27-14-19(24)20(28-21)9-8-17-4-2-3-5-18(17)23(10-11-23)22(25)29;1-7-2-3-8(5-17-7)4-10-18-6-9(11(13)19-10)12(14,15)16;1-2-9-5-3-4-6-10(9)12(7-8-12)11(13)14;1-5-2-3-6(7)4-8-5;6-3-2(5(8,9)10)1-11-4(7)12-3;;;;;;;;;/h2-7,13-14H,8-12H2,1H3,(H2,25,29);2-7,13-14H,10-12H2,1H3,(H2,25,29);2-3,5-6H,4H2,1H3;1,3-6H,7-8H2,(H2,13,14);2-4H,7H2,1H3;1H;3*1H4;;;;;;. The summed E-state index contributed by atoms with van der Waals surface area (Å²) in [5.41, 5.74) is 32.6. The van der Waals surface area contributed by atoms with Crippen LogP contribution < -0.4 is 22.9 Å². The summed E-state index contributed by atoms with van der Waals surface area (Å²) in [5, 5.41) is -0.644. The van der Waals surface area contributed by atoms with Crippen LogP contribution in [-0.4, -0.2) is 267 Å². The van der Waals surface area contributed by atoms with Crippen molar-refractivity contribution in [1.82, 2.24) is 59.8 Å². The number of halogens is 11. The van der Waals surface area contributed by atoms with Crippen LogP contribution in [0.1, 0.15) is 174 Å². The second-order valence-corrected chi connectivity index (χ2v) is 27.9. The summed E-state index contributed by atoms with van der Waals surface area (Å²) in [4.78, 5) is 83.4. The molecule has 0 atom stereocenters. The third-order valence-electron chi connectivity index (χ3n) is 17.9. The average Bonchev–Trinajstić information content (AvgIpc) is 1.61. The van der Waals surface area contributed by atoms with Crippen LogP contribution in [0.5, 0.6) is 0 Å². The minimum atomic E-state index is -4.54. The number of rotatable bonds is 15. The van der Waals surface area contributed by atoms with Crippen LogP contribution in [-0.2, 0) is 75.1 Å². The van der Waals surface area contributed by atoms with Crippen LogP contribution >= 0.6 is 58.0 Å². The summed E-state index contributed by atoms with van der Waals surface area (Å²) >= 11 is 36.0. The molecule has 11 aromatic rings. The van der Waals surface area contributed by atoms with Crippen molar-refractivity contribution in [3.63, 3.8) is 0 Å². The number of amides is 3. The molecule has 8 aromatic heterocycles. The van der Waals surface area contributed by atoms with Gasteiger partial charge in [0.2, 0.25) is 23.0 Å². The Morgan fingerprint density at radius 3 is 1.18 bits per heavy atom. The molecule has 3 aliphatic carbocycles. The molecular weight excluding hydrogens is 1810 g/mol. The molecule has 0 aliphatic heterocycles. The van der Waals surface area contributed by atoms with Gasteiger partial charge < -0.3 is 22.9 Å². The molecule has 0 unspecified atom stereocenters. The Morgan fingerprint density at radius 1 is 0.425 bits per heavy atom. The van der Waals surface area contributed by atoms with Crippen molar-refractivity contribution in [2.75, 3.05) is 5.73 Å². The van der Waals surface area contributed by atoms with Crippen LogP contribution in [0.25, 0.3) is 0 Å². The number of carbonyl (C=O) groups excluding carboxylic acids is 3. The van der Waals surface area contributed by atoms with Gasteiger partial charge >= 0.3 is 202 Å². The van der Waals surface area contributed by atoms with Crippen LogP contribution in [0.4, 0.5) is 32.0 Å². The first-order valence-corrected chi connectivity index (χ1v) is 87.1. The van der Waals surface area contributed by atoms with Gasteiger partial charge in [-0.3, -0.25) is 34.3 Å². The molecule has 8 N–H and O–H groups in total. The first kappa shape index (κ1) is 113. The van der Waals surface area contributed by atoms with E-state index in [0.717, 1.165) is 135 Å². The molecule has 14 rings (SSSR count). The topological polar surface area (TPSA) is 310 Å². The molecule has 600 valence electrons. The van der Waals surface area contributed by atoms with E-state index in [1.165, 1.54) is 189 Å². The van der Waals surface area contributed by atoms with E-state index in [1.54, 1.807) is 30.9 Å². The van der Waals surface area contributed by atoms with E-state index in [0.29, 0.717) is 53.2 Å². The number of terminal acetylenes is 1. The van der Waals surface area contributed by atoms with E-state index >= 15 is 0 Å². The number of nitrogen functional groups attached to an aromatic ring is 1. The Balaban J connectivity index is 0.000000381. The maximum absolute atomic E-state index is 12.5. The SMILES string of the molecule is C.C.C.C#Cc1ccccc1C1(C(N)=O)CC1.Cc1ccc(Cc2ncc(C(F)(F)F)c(Cl)n2)cn1.Cc1ccc(Cc2ncc(Cl)c(C#Cc3ccccc3C3(C(N)=O)CC3)n2)cn1.Cc1ccc(Cc2ncc(Cl)c(CCc3ccccc3C3(C(N)=O)CC3)n2)cn1.Cc1ccc(N)cn1.FC(F)(F)c1cnc(Cl)nc1Cl.[K][K].[K][K].[K][K]. The monoisotopic (exact) mass is 1890 g/mol. The van der Waals surface area contributed by atoms with Crippen molar-refractivity contribution in [2.45, 2.75) is 149 Å². The first-order valence-electron chi connectivity index (χ1n) is 37.2. The van der Waals surface area contributed by atoms with Crippen LogP contribution in [0, 0.1) is 51.9 Å². The Morgan fingerprint density at radius 2 is 0.792 bits per heavy atom. The third-order valence-corrected chi connectivity index (χ3v) is 19.3. The van der Waals surface area contributed by atoms with Gasteiger partial charge in [0, 0.05) is 90.3 Å². The van der Waals surface area contributed by atoms with E-state index in [1.807, 2.05) is 149 Å². The number of aryl methyl sites for hydroxylation is 6. The van der Waals surface area contributed by atoms with Crippen molar-refractivity contribution < 1.29 is 40.7 Å². The van der Waals surface area contributed by atoms with Crippen LogP contribution in [0.3, 0.4) is 0 Å². The summed E-state index contributed by atoms with van der Waals surface area (Å²) < 4.78 is 73.4. The minimum absolute atomic E-state index is 0. The molecule has 3 aliphatic rings. The van der Waals surface area contributed by atoms with Crippen molar-refractivity contribution in [3.05, 3.63) is 309 Å². The van der Waals surface area contributed by atoms with Crippen molar-refractivity contribution in [3.8, 4) is 24.2 Å². The summed E-state index contributed by atoms with van der Waals surface area (Å²) in [6, 6.07) is 38.4. The molecular formula is C84H83Cl5F6K6N16O3. The molecule has 19 nitrogen and oxygen atoms in total. The number of aromatic nitrogens is 12. The zero-order chi connectivity index (χ0) is 86.4. The molecule has 36 heteroatoms. The predicted octanol–water partition coefficient (Wildman–Crippen LogP) is 15.1. The van der Waals surface area contributed by atoms with E-state index < -0.39 is 50.0 Å². The van der Waals surface area contributed by atoms with Gasteiger partial charge in [0.25, 0.3) is 0 Å². The molecule has 3 saturated carbocycles. The molecule has 3 fully saturated rings. The fraction of sp³-hybridized carbons (Fsp3) is 0.274. The average molecular weight is 1890 g/mol. The predicted molar refractivity (Wildman–Crippen MR) is 468 cm³/mol. The Bertz CT molecular complexity index is 5260. The summed E-state index contributed by atoms with van der Waals surface area (Å²) in [5.74, 6) is 9.52. The number of alkyl halides is 6. The van der Waals surface area contributed by atoms with E-state index in [2.05, 4.69) is 83.6 Å². The van der Waals surface area contributed by atoms with E-state index in [4.69, 9.17) is 87.4 Å². The molecule has 120 heavy (non-hydrogen) atoms. The van der Waals surface area contributed by atoms with Gasteiger partial charge in [-0.25, -0.2) is 39.9 Å². The second kappa shape index (κ2) is 55.7. The normalized spacial score (nSPS) is 12.7. The van der Waals surface area contributed by atoms with E-state index in [-0.39, 0.29) is 57.5 Å². The molecule has 8 heterocycles. The third kappa shape index (κ3) is 35.2. The Labute approximate surface area is 858 Å². The number of carbonyl (C=O) groups is 3. The number of anilines is 1. The number of primary amides is 3. The van der Waals surface area contributed by atoms with Gasteiger partial charge in [-0.1, -0.05) is 159 Å². The zero-order valence-corrected chi connectivity index (χ0v) is 88.6. The van der Waals surface area contributed by atoms with Gasteiger partial charge in [-0.2, -0.15) is 26.3 Å². The second-order valence-electron chi connectivity index (χ2n) is 26.1. The number of pyridine rings is 4. The van der Waals surface area contributed by atoms with Gasteiger partial charge in [-0.05, 0) is 178 Å². The maximum atomic E-state index is 12.5. The number of hydrogen-bond acceptors (Lipinski definition) is 16. The fourth-order valence-electron chi connectivity index (χ4n) is 11.3. The van der Waals surface area contributed by atoms with Gasteiger partial charge in [0.1, 0.15) is 44.6 Å². The fourth-order valence-corrected chi connectivity index (χ4v) is 12.2. The number of nitrogens with two attached hydrogens (primary N) is 4. The summed E-state index contributed by atoms with van der Waals surface area (Å²) in [7, 11) is 0. The zero-order valence-electron chi connectivity index (χ0n) is 66.1. The van der Waals surface area contributed by atoms with Crippen LogP contribution in [0.15, 0.2) is 171 Å². The molecule has 0 spiro atoms. The quantitative estimate of drug-likeness (QED) is 0.0244. The van der Waals surface area contributed by atoms with Gasteiger partial charge in [-0.15, -0.1) is 6.42 Å². The van der Waals surface area contributed by atoms with Crippen LogP contribution in [0.2, 0.25) is 25.6 Å². The number of nitrogens with zero attached hydrogens (tertiary/aromatic N) is 12. The molecule has 3 amide bonds. The summed E-state index contributed by atoms with van der Waals surface area (Å²) in [6.07, 6.45) is 15.3. The van der Waals surface area contributed by atoms with Crippen molar-refractivity contribution >= 4 is 271 Å². The molecule has 0 saturated heterocycles. The number of hydrogen-bond donors (Lipinski definition) is 4. The Kier molecular flexibility index (Phi) is 52.4. The van der Waals surface area contributed by atoms with Gasteiger partial charge in [0.05, 0.1) is 50.1 Å². The molecule has 3 aromatic carbocycles. The van der Waals surface area contributed by atoms with Gasteiger partial charge in [0.15, 0.2) is 0 Å². The van der Waals surface area contributed by atoms with Crippen molar-refractivity contribution in [1.29, 1.82) is 0 Å². The number of benzene rings is 3.